The number of aliphatic carboxylic acids is 2. The summed E-state index contributed by atoms with van der Waals surface area (Å²) in [5.41, 5.74) is 11.9. The number of amides is 4. The van der Waals surface area contributed by atoms with Crippen LogP contribution in [0.1, 0.15) is 32.1 Å². The van der Waals surface area contributed by atoms with Crippen molar-refractivity contribution >= 4 is 35.6 Å². The maximum atomic E-state index is 12.0. The van der Waals surface area contributed by atoms with Gasteiger partial charge in [-0.05, 0) is 12.8 Å². The summed E-state index contributed by atoms with van der Waals surface area (Å²) >= 11 is 0. The lowest BCUT2D eigenvalue weighted by atomic mass is 10.1. The Labute approximate surface area is 158 Å². The fraction of sp³-hybridized carbons (Fsp3) is 0.571. The summed E-state index contributed by atoms with van der Waals surface area (Å²) < 4.78 is 0. The molecular formula is C14H23N5O9. The minimum Gasteiger partial charge on any atom is -0.481 e. The number of primary amides is 1. The number of carbonyl (C=O) groups excluding carboxylic acids is 4. The first-order chi connectivity index (χ1) is 13.0. The van der Waals surface area contributed by atoms with E-state index in [2.05, 4.69) is 5.32 Å². The van der Waals surface area contributed by atoms with Crippen LogP contribution in [0.15, 0.2) is 0 Å². The Kier molecular flexibility index (Phi) is 10.8. The average molecular weight is 405 g/mol. The first-order valence-corrected chi connectivity index (χ1v) is 8.00. The molecule has 0 aromatic rings. The zero-order valence-electron chi connectivity index (χ0n) is 14.7. The van der Waals surface area contributed by atoms with E-state index in [4.69, 9.17) is 26.9 Å². The van der Waals surface area contributed by atoms with Crippen LogP contribution in [0.25, 0.3) is 0 Å². The topological polar surface area (TPSA) is 251 Å². The zero-order valence-corrected chi connectivity index (χ0v) is 14.7. The molecule has 0 rings (SSSR count). The fourth-order valence-corrected chi connectivity index (χ4v) is 1.97. The third-order valence-electron chi connectivity index (χ3n) is 3.45. The van der Waals surface area contributed by atoms with Gasteiger partial charge in [0.05, 0.1) is 12.5 Å². The minimum atomic E-state index is -1.64. The quantitative estimate of drug-likeness (QED) is 0.110. The van der Waals surface area contributed by atoms with E-state index in [0.29, 0.717) is 0 Å². The van der Waals surface area contributed by atoms with Gasteiger partial charge in [-0.3, -0.25) is 29.2 Å². The Balaban J connectivity index is 4.63. The lowest BCUT2D eigenvalue weighted by molar-refractivity contribution is -0.147. The van der Waals surface area contributed by atoms with E-state index in [0.717, 1.165) is 0 Å². The highest BCUT2D eigenvalue weighted by molar-refractivity contribution is 5.90. The third kappa shape index (κ3) is 10.0. The summed E-state index contributed by atoms with van der Waals surface area (Å²) in [6.45, 7) is 0. The van der Waals surface area contributed by atoms with Gasteiger partial charge >= 0.3 is 11.9 Å². The monoisotopic (exact) mass is 405 g/mol. The molecular weight excluding hydrogens is 382 g/mol. The molecule has 28 heavy (non-hydrogen) atoms. The van der Waals surface area contributed by atoms with Crippen LogP contribution in [-0.2, 0) is 28.8 Å². The van der Waals surface area contributed by atoms with E-state index >= 15 is 0 Å². The van der Waals surface area contributed by atoms with Crippen molar-refractivity contribution in [1.82, 2.24) is 16.1 Å². The van der Waals surface area contributed by atoms with Gasteiger partial charge in [0.1, 0.15) is 12.1 Å². The Morgan fingerprint density at radius 2 is 1.46 bits per heavy atom. The Bertz CT molecular complexity index is 624. The molecule has 0 spiro atoms. The molecule has 0 saturated carbocycles. The van der Waals surface area contributed by atoms with Crippen LogP contribution in [-0.4, -0.2) is 69.1 Å². The van der Waals surface area contributed by atoms with Gasteiger partial charge in [0.2, 0.25) is 17.7 Å². The summed E-state index contributed by atoms with van der Waals surface area (Å²) in [5.74, 6) is -6.41. The van der Waals surface area contributed by atoms with E-state index in [1.165, 1.54) is 5.48 Å². The highest BCUT2D eigenvalue weighted by atomic mass is 16.5. The number of hydrogen-bond donors (Lipinski definition) is 8. The maximum Gasteiger partial charge on any atom is 0.326 e. The molecule has 158 valence electrons. The number of hydrogen-bond acceptors (Lipinski definition) is 8. The van der Waals surface area contributed by atoms with Crippen LogP contribution in [0.3, 0.4) is 0 Å². The van der Waals surface area contributed by atoms with E-state index < -0.39 is 66.5 Å². The Morgan fingerprint density at radius 3 is 1.93 bits per heavy atom. The minimum absolute atomic E-state index is 0.198. The molecule has 0 aromatic carbocycles. The lowest BCUT2D eigenvalue weighted by Crippen LogP contribution is -2.51. The van der Waals surface area contributed by atoms with Gasteiger partial charge in [0.15, 0.2) is 0 Å². The van der Waals surface area contributed by atoms with Crippen molar-refractivity contribution in [2.45, 2.75) is 50.2 Å². The molecule has 2 unspecified atom stereocenters. The average Bonchev–Trinajstić information content (AvgIpc) is 2.60. The van der Waals surface area contributed by atoms with Crippen LogP contribution in [0, 0.1) is 0 Å². The number of carboxylic acid groups (broad SMARTS) is 2. The third-order valence-corrected chi connectivity index (χ3v) is 3.45. The van der Waals surface area contributed by atoms with Gasteiger partial charge in [-0.25, -0.2) is 10.3 Å². The van der Waals surface area contributed by atoms with Gasteiger partial charge < -0.3 is 32.3 Å². The molecule has 0 saturated heterocycles. The number of nitrogens with two attached hydrogens (primary N) is 2. The fourth-order valence-electron chi connectivity index (χ4n) is 1.97. The van der Waals surface area contributed by atoms with Crippen LogP contribution < -0.4 is 27.6 Å². The molecule has 0 aromatic heterocycles. The van der Waals surface area contributed by atoms with Gasteiger partial charge in [0.25, 0.3) is 5.91 Å². The molecule has 0 aliphatic carbocycles. The van der Waals surface area contributed by atoms with Crippen LogP contribution in [0.5, 0.6) is 0 Å². The number of nitrogens with one attached hydrogen (secondary N) is 3. The van der Waals surface area contributed by atoms with Gasteiger partial charge in [-0.2, -0.15) is 0 Å². The number of carbonyl (C=O) groups is 6. The lowest BCUT2D eigenvalue weighted by Gasteiger charge is -2.19. The predicted octanol–water partition coefficient (Wildman–Crippen LogP) is -3.61. The second-order valence-electron chi connectivity index (χ2n) is 5.74. The first kappa shape index (κ1) is 24.7. The van der Waals surface area contributed by atoms with Gasteiger partial charge in [-0.1, -0.05) is 0 Å². The second kappa shape index (κ2) is 12.2. The second-order valence-corrected chi connectivity index (χ2v) is 5.74. The maximum absolute atomic E-state index is 12.0. The molecule has 3 atom stereocenters. The highest BCUT2D eigenvalue weighted by Gasteiger charge is 2.26. The largest absolute Gasteiger partial charge is 0.481 e. The molecule has 0 aliphatic heterocycles. The van der Waals surface area contributed by atoms with E-state index in [9.17, 15) is 28.8 Å². The summed E-state index contributed by atoms with van der Waals surface area (Å²) in [6, 6.07) is -4.21. The van der Waals surface area contributed by atoms with Crippen molar-refractivity contribution in [3.63, 3.8) is 0 Å². The Morgan fingerprint density at radius 1 is 0.857 bits per heavy atom. The summed E-state index contributed by atoms with van der Waals surface area (Å²) in [5, 5.41) is 30.3. The van der Waals surface area contributed by atoms with Crippen molar-refractivity contribution in [3.8, 4) is 0 Å². The van der Waals surface area contributed by atoms with E-state index in [1.807, 2.05) is 5.32 Å². The molecule has 0 fully saturated rings. The first-order valence-electron chi connectivity index (χ1n) is 8.00. The van der Waals surface area contributed by atoms with Crippen molar-refractivity contribution in [2.75, 3.05) is 0 Å². The molecule has 14 heteroatoms. The predicted molar refractivity (Wildman–Crippen MR) is 89.3 cm³/mol. The number of carboxylic acids is 2. The standard InChI is InChI=1S/C14H23N5O9/c15-6(1-4-10(21)17-8(14(26)27)5-11(22)23)12(24)18-7(13(25)19-28)2-3-9(16)20/h6-8,28H,1-5,15H2,(H2,16,20)(H,17,21)(H,18,24)(H,19,25)(H,22,23)(H,26,27)/t6?,7-,8?/m0/s1. The van der Waals surface area contributed by atoms with Crippen molar-refractivity contribution in [1.29, 1.82) is 0 Å². The summed E-state index contributed by atoms with van der Waals surface area (Å²) in [4.78, 5) is 67.4. The molecule has 0 radical (unpaired) electrons. The SMILES string of the molecule is NC(=O)CC[C@H](NC(=O)C(N)CCC(=O)NC(CC(=O)O)C(=O)O)C(=O)NO. The van der Waals surface area contributed by atoms with Crippen LogP contribution in [0.2, 0.25) is 0 Å². The van der Waals surface area contributed by atoms with Gasteiger partial charge in [-0.15, -0.1) is 0 Å². The highest BCUT2D eigenvalue weighted by Crippen LogP contribution is 2.02. The number of rotatable bonds is 13. The molecule has 10 N–H and O–H groups in total. The molecule has 0 heterocycles. The summed E-state index contributed by atoms with van der Waals surface area (Å²) in [7, 11) is 0. The zero-order chi connectivity index (χ0) is 21.9. The van der Waals surface area contributed by atoms with E-state index in [-0.39, 0.29) is 19.3 Å². The van der Waals surface area contributed by atoms with Crippen molar-refractivity contribution in [3.05, 3.63) is 0 Å². The van der Waals surface area contributed by atoms with Crippen molar-refractivity contribution in [2.24, 2.45) is 11.5 Å². The van der Waals surface area contributed by atoms with E-state index in [1.54, 1.807) is 0 Å². The molecule has 4 amide bonds. The van der Waals surface area contributed by atoms with Gasteiger partial charge in [0, 0.05) is 12.8 Å². The van der Waals surface area contributed by atoms with Crippen LogP contribution in [0.4, 0.5) is 0 Å². The van der Waals surface area contributed by atoms with Crippen LogP contribution >= 0.6 is 0 Å². The Hall–Kier alpha value is -3.26. The molecule has 0 aliphatic rings. The van der Waals surface area contributed by atoms with Crippen molar-refractivity contribution < 1.29 is 44.2 Å². The number of hydroxylamine groups is 1. The molecule has 0 bridgehead atoms. The smallest absolute Gasteiger partial charge is 0.326 e. The summed E-state index contributed by atoms with van der Waals surface area (Å²) in [6.07, 6.45) is -1.92. The normalized spacial score (nSPS) is 13.5. The molecule has 14 nitrogen and oxygen atoms in total.